The van der Waals surface area contributed by atoms with Gasteiger partial charge in [0.05, 0.1) is 5.92 Å². The second-order valence-electron chi connectivity index (χ2n) is 3.94. The molecule has 1 fully saturated rings. The largest absolute Gasteiger partial charge is 0.338 e. The van der Waals surface area contributed by atoms with Crippen molar-refractivity contribution < 1.29 is 4.79 Å². The highest BCUT2D eigenvalue weighted by molar-refractivity contribution is 5.80. The van der Waals surface area contributed by atoms with Gasteiger partial charge in [0.2, 0.25) is 5.91 Å². The number of hydrogen-bond acceptors (Lipinski definition) is 2. The van der Waals surface area contributed by atoms with E-state index < -0.39 is 0 Å². The molecule has 1 N–H and O–H groups in total. The van der Waals surface area contributed by atoms with Crippen molar-refractivity contribution in [3.8, 4) is 0 Å². The van der Waals surface area contributed by atoms with Crippen molar-refractivity contribution in [2.45, 2.75) is 13.3 Å². The van der Waals surface area contributed by atoms with E-state index in [4.69, 9.17) is 0 Å². The number of carbonyl (C=O) groups excluding carboxylic acids is 1. The molecule has 3 heteroatoms. The zero-order valence-corrected chi connectivity index (χ0v) is 8.05. The van der Waals surface area contributed by atoms with E-state index in [1.54, 1.807) is 0 Å². The summed E-state index contributed by atoms with van der Waals surface area (Å²) < 4.78 is 0. The van der Waals surface area contributed by atoms with Crippen molar-refractivity contribution in [2.75, 3.05) is 26.2 Å². The highest BCUT2D eigenvalue weighted by atomic mass is 16.2. The smallest absolute Gasteiger partial charge is 0.228 e. The van der Waals surface area contributed by atoms with E-state index in [1.807, 2.05) is 4.90 Å². The Bertz CT molecular complexity index is 243. The summed E-state index contributed by atoms with van der Waals surface area (Å²) >= 11 is 0. The second-order valence-corrected chi connectivity index (χ2v) is 3.94. The van der Waals surface area contributed by atoms with E-state index in [2.05, 4.69) is 18.3 Å². The maximum atomic E-state index is 11.7. The Balaban J connectivity index is 1.90. The molecular weight excluding hydrogens is 164 g/mol. The molecule has 13 heavy (non-hydrogen) atoms. The maximum Gasteiger partial charge on any atom is 0.228 e. The predicted molar refractivity (Wildman–Crippen MR) is 51.3 cm³/mol. The van der Waals surface area contributed by atoms with Crippen LogP contribution in [0.5, 0.6) is 0 Å². The van der Waals surface area contributed by atoms with Crippen LogP contribution in [0, 0.1) is 5.92 Å². The third kappa shape index (κ3) is 1.75. The van der Waals surface area contributed by atoms with Crippen LogP contribution in [0.25, 0.3) is 0 Å². The molecule has 72 valence electrons. The summed E-state index contributed by atoms with van der Waals surface area (Å²) in [6.45, 7) is 5.61. The number of rotatable bonds is 1. The first-order valence-corrected chi connectivity index (χ1v) is 4.92. The first kappa shape index (κ1) is 8.75. The van der Waals surface area contributed by atoms with Gasteiger partial charge in [0.15, 0.2) is 0 Å². The first-order chi connectivity index (χ1) is 6.27. The molecule has 0 unspecified atom stereocenters. The SMILES string of the molecule is CC1=CCN(C(=O)C2CNC2)CC1. The van der Waals surface area contributed by atoms with Crippen LogP contribution in [0.1, 0.15) is 13.3 Å². The van der Waals surface area contributed by atoms with Gasteiger partial charge in [-0.2, -0.15) is 0 Å². The molecule has 0 aromatic carbocycles. The van der Waals surface area contributed by atoms with E-state index in [9.17, 15) is 4.79 Å². The minimum Gasteiger partial charge on any atom is -0.338 e. The van der Waals surface area contributed by atoms with Crippen LogP contribution in [0.3, 0.4) is 0 Å². The summed E-state index contributed by atoms with van der Waals surface area (Å²) in [5, 5.41) is 3.13. The molecule has 0 atom stereocenters. The van der Waals surface area contributed by atoms with Gasteiger partial charge in [-0.25, -0.2) is 0 Å². The van der Waals surface area contributed by atoms with Gasteiger partial charge in [0.1, 0.15) is 0 Å². The highest BCUT2D eigenvalue weighted by Gasteiger charge is 2.29. The highest BCUT2D eigenvalue weighted by Crippen LogP contribution is 2.14. The van der Waals surface area contributed by atoms with E-state index in [-0.39, 0.29) is 5.92 Å². The average molecular weight is 180 g/mol. The number of amides is 1. The molecular formula is C10H16N2O. The van der Waals surface area contributed by atoms with E-state index in [0.717, 1.165) is 32.6 Å². The number of nitrogens with zero attached hydrogens (tertiary/aromatic N) is 1. The zero-order valence-electron chi connectivity index (χ0n) is 8.05. The van der Waals surface area contributed by atoms with E-state index >= 15 is 0 Å². The van der Waals surface area contributed by atoms with E-state index in [1.165, 1.54) is 5.57 Å². The minimum absolute atomic E-state index is 0.256. The van der Waals surface area contributed by atoms with E-state index in [0.29, 0.717) is 5.91 Å². The van der Waals surface area contributed by atoms with Gasteiger partial charge in [0, 0.05) is 26.2 Å². The molecule has 0 aliphatic carbocycles. The molecule has 2 aliphatic heterocycles. The summed E-state index contributed by atoms with van der Waals surface area (Å²) in [4.78, 5) is 13.7. The summed E-state index contributed by atoms with van der Waals surface area (Å²) in [7, 11) is 0. The first-order valence-electron chi connectivity index (χ1n) is 4.92. The summed E-state index contributed by atoms with van der Waals surface area (Å²) in [5.74, 6) is 0.592. The van der Waals surface area contributed by atoms with Gasteiger partial charge < -0.3 is 10.2 Å². The molecule has 2 heterocycles. The lowest BCUT2D eigenvalue weighted by Crippen LogP contribution is -2.52. The average Bonchev–Trinajstić information content (AvgIpc) is 2.02. The van der Waals surface area contributed by atoms with Crippen LogP contribution in [0.4, 0.5) is 0 Å². The topological polar surface area (TPSA) is 32.3 Å². The lowest BCUT2D eigenvalue weighted by atomic mass is 10.0. The quantitative estimate of drug-likeness (QED) is 0.592. The molecule has 2 aliphatic rings. The van der Waals surface area contributed by atoms with Gasteiger partial charge in [-0.3, -0.25) is 4.79 Å². The van der Waals surface area contributed by atoms with Gasteiger partial charge in [-0.05, 0) is 13.3 Å². The Morgan fingerprint density at radius 2 is 2.38 bits per heavy atom. The van der Waals surface area contributed by atoms with Crippen molar-refractivity contribution in [1.29, 1.82) is 0 Å². The van der Waals surface area contributed by atoms with Crippen LogP contribution < -0.4 is 5.32 Å². The summed E-state index contributed by atoms with van der Waals surface area (Å²) in [6.07, 6.45) is 3.21. The van der Waals surface area contributed by atoms with Crippen molar-refractivity contribution in [2.24, 2.45) is 5.92 Å². The Morgan fingerprint density at radius 1 is 1.62 bits per heavy atom. The number of carbonyl (C=O) groups is 1. The molecule has 0 bridgehead atoms. The van der Waals surface area contributed by atoms with Crippen molar-refractivity contribution in [3.05, 3.63) is 11.6 Å². The minimum atomic E-state index is 0.256. The van der Waals surface area contributed by atoms with Crippen molar-refractivity contribution in [3.63, 3.8) is 0 Å². The normalized spacial score (nSPS) is 23.8. The zero-order chi connectivity index (χ0) is 9.26. The molecule has 0 saturated carbocycles. The van der Waals surface area contributed by atoms with Crippen molar-refractivity contribution in [1.82, 2.24) is 10.2 Å². The second kappa shape index (κ2) is 3.50. The lowest BCUT2D eigenvalue weighted by Gasteiger charge is -2.33. The Kier molecular flexibility index (Phi) is 2.36. The summed E-state index contributed by atoms with van der Waals surface area (Å²) in [6, 6.07) is 0. The predicted octanol–water partition coefficient (Wildman–Crippen LogP) is 0.384. The number of nitrogens with one attached hydrogen (secondary N) is 1. The fraction of sp³-hybridized carbons (Fsp3) is 0.700. The van der Waals surface area contributed by atoms with Crippen LogP contribution in [-0.2, 0) is 4.79 Å². The fourth-order valence-electron chi connectivity index (χ4n) is 1.69. The van der Waals surface area contributed by atoms with Crippen LogP contribution in [0.15, 0.2) is 11.6 Å². The molecule has 3 nitrogen and oxygen atoms in total. The maximum absolute atomic E-state index is 11.7. The molecule has 2 rings (SSSR count). The monoisotopic (exact) mass is 180 g/mol. The van der Waals surface area contributed by atoms with Crippen LogP contribution >= 0.6 is 0 Å². The third-order valence-electron chi connectivity index (χ3n) is 2.88. The molecule has 1 saturated heterocycles. The Labute approximate surface area is 78.8 Å². The lowest BCUT2D eigenvalue weighted by molar-refractivity contribution is -0.136. The number of hydrogen-bond donors (Lipinski definition) is 1. The standard InChI is InChI=1S/C10H16N2O/c1-8-2-4-12(5-3-8)10(13)9-6-11-7-9/h2,9,11H,3-7H2,1H3. The van der Waals surface area contributed by atoms with Crippen molar-refractivity contribution >= 4 is 5.91 Å². The third-order valence-corrected chi connectivity index (χ3v) is 2.88. The molecule has 0 aromatic heterocycles. The van der Waals surface area contributed by atoms with Gasteiger partial charge in [-0.1, -0.05) is 11.6 Å². The van der Waals surface area contributed by atoms with Crippen LogP contribution in [0.2, 0.25) is 0 Å². The molecule has 1 amide bonds. The van der Waals surface area contributed by atoms with Gasteiger partial charge >= 0.3 is 0 Å². The summed E-state index contributed by atoms with van der Waals surface area (Å²) in [5.41, 5.74) is 1.41. The Hall–Kier alpha value is -0.830. The van der Waals surface area contributed by atoms with Gasteiger partial charge in [-0.15, -0.1) is 0 Å². The Morgan fingerprint density at radius 3 is 2.85 bits per heavy atom. The molecule has 0 spiro atoms. The molecule has 0 radical (unpaired) electrons. The fourth-order valence-corrected chi connectivity index (χ4v) is 1.69. The van der Waals surface area contributed by atoms with Crippen LogP contribution in [-0.4, -0.2) is 37.0 Å². The van der Waals surface area contributed by atoms with Gasteiger partial charge in [0.25, 0.3) is 0 Å². The molecule has 0 aromatic rings.